The van der Waals surface area contributed by atoms with Crippen molar-refractivity contribution in [2.45, 2.75) is 6.92 Å². The molecule has 0 unspecified atom stereocenters. The molecular formula is C25H33N9O. The standard InChI is InChI=1S/C25H33N9O/c1-6-17(16-34-11-9-27-10-12-34)13-22(26-2)31-24-28-19-8-7-18(14-21(19)29-24)20-15-23(33(3)4)32-25(30-20)35-5/h6-8,13-15,27H,2,9-12,16H2,1,3-5H3,(H2,28,29,31)/b17-6+,22-13+. The number of imidazole rings is 1. The Balaban J connectivity index is 1.55. The van der Waals surface area contributed by atoms with Gasteiger partial charge >= 0.3 is 6.01 Å². The van der Waals surface area contributed by atoms with E-state index in [-0.39, 0.29) is 0 Å². The smallest absolute Gasteiger partial charge is 0.318 e. The number of aliphatic imine (C=N–C) groups is 1. The molecule has 3 N–H and O–H groups in total. The van der Waals surface area contributed by atoms with Gasteiger partial charge in [-0.2, -0.15) is 9.97 Å². The third-order valence-electron chi connectivity index (χ3n) is 5.84. The largest absolute Gasteiger partial charge is 0.467 e. The van der Waals surface area contributed by atoms with Crippen LogP contribution in [0.4, 0.5) is 11.8 Å². The topological polar surface area (TPSA) is 107 Å². The first-order valence-electron chi connectivity index (χ1n) is 11.6. The maximum absolute atomic E-state index is 5.29. The van der Waals surface area contributed by atoms with E-state index in [0.717, 1.165) is 60.8 Å². The van der Waals surface area contributed by atoms with E-state index in [1.54, 1.807) is 7.11 Å². The van der Waals surface area contributed by atoms with Crippen LogP contribution in [0.25, 0.3) is 22.3 Å². The second-order valence-electron chi connectivity index (χ2n) is 8.51. The van der Waals surface area contributed by atoms with E-state index in [2.05, 4.69) is 53.3 Å². The zero-order valence-corrected chi connectivity index (χ0v) is 20.8. The quantitative estimate of drug-likeness (QED) is 0.320. The summed E-state index contributed by atoms with van der Waals surface area (Å²) in [5, 5.41) is 6.65. The number of methoxy groups -OCH3 is 1. The molecule has 0 bridgehead atoms. The molecule has 0 saturated carbocycles. The Hall–Kier alpha value is -3.76. The Morgan fingerprint density at radius 2 is 2.03 bits per heavy atom. The summed E-state index contributed by atoms with van der Waals surface area (Å²) in [5.41, 5.74) is 4.59. The van der Waals surface area contributed by atoms with Crippen LogP contribution in [0.15, 0.2) is 52.8 Å². The van der Waals surface area contributed by atoms with Crippen LogP contribution in [0.5, 0.6) is 6.01 Å². The normalized spacial score (nSPS) is 15.3. The highest BCUT2D eigenvalue weighted by Gasteiger charge is 2.13. The average Bonchev–Trinajstić information content (AvgIpc) is 3.29. The zero-order chi connectivity index (χ0) is 24.8. The van der Waals surface area contributed by atoms with E-state index in [0.29, 0.717) is 17.8 Å². The number of hydrogen-bond acceptors (Lipinski definition) is 9. The first-order valence-corrected chi connectivity index (χ1v) is 11.6. The summed E-state index contributed by atoms with van der Waals surface area (Å²) in [5.74, 6) is 2.01. The monoisotopic (exact) mass is 475 g/mol. The van der Waals surface area contributed by atoms with Crippen molar-refractivity contribution in [2.24, 2.45) is 4.99 Å². The number of fused-ring (bicyclic) bond motifs is 1. The summed E-state index contributed by atoms with van der Waals surface area (Å²) in [4.78, 5) is 25.4. The number of nitrogens with zero attached hydrogens (tertiary/aromatic N) is 6. The number of nitrogens with one attached hydrogen (secondary N) is 3. The van der Waals surface area contributed by atoms with Crippen LogP contribution in [-0.4, -0.2) is 85.5 Å². The zero-order valence-electron chi connectivity index (χ0n) is 20.8. The molecule has 1 fully saturated rings. The minimum Gasteiger partial charge on any atom is -0.467 e. The lowest BCUT2D eigenvalue weighted by Crippen LogP contribution is -2.44. The highest BCUT2D eigenvalue weighted by atomic mass is 16.5. The van der Waals surface area contributed by atoms with Gasteiger partial charge in [0.15, 0.2) is 0 Å². The van der Waals surface area contributed by atoms with Gasteiger partial charge in [0.1, 0.15) is 11.6 Å². The molecule has 2 aromatic heterocycles. The van der Waals surface area contributed by atoms with Crippen LogP contribution in [0.2, 0.25) is 0 Å². The molecule has 1 aromatic carbocycles. The number of benzene rings is 1. The molecule has 10 nitrogen and oxygen atoms in total. The Kier molecular flexibility index (Phi) is 7.74. The maximum Gasteiger partial charge on any atom is 0.318 e. The summed E-state index contributed by atoms with van der Waals surface area (Å²) in [6.07, 6.45) is 4.13. The Bertz CT molecular complexity index is 1240. The van der Waals surface area contributed by atoms with Gasteiger partial charge in [-0.15, -0.1) is 0 Å². The Morgan fingerprint density at radius 1 is 1.23 bits per heavy atom. The van der Waals surface area contributed by atoms with Gasteiger partial charge in [0.05, 0.1) is 23.8 Å². The molecule has 0 atom stereocenters. The first kappa shape index (κ1) is 24.4. The van der Waals surface area contributed by atoms with Gasteiger partial charge in [-0.3, -0.25) is 4.90 Å². The van der Waals surface area contributed by atoms with Crippen LogP contribution >= 0.6 is 0 Å². The molecule has 0 spiro atoms. The van der Waals surface area contributed by atoms with Crippen molar-refractivity contribution >= 4 is 29.5 Å². The predicted octanol–water partition coefficient (Wildman–Crippen LogP) is 2.90. The summed E-state index contributed by atoms with van der Waals surface area (Å²) >= 11 is 0. The lowest BCUT2D eigenvalue weighted by molar-refractivity contribution is 0.261. The van der Waals surface area contributed by atoms with Crippen molar-refractivity contribution in [2.75, 3.05) is 64.1 Å². The molecule has 10 heteroatoms. The molecule has 1 saturated heterocycles. The van der Waals surface area contributed by atoms with Gasteiger partial charge in [-0.25, -0.2) is 9.98 Å². The van der Waals surface area contributed by atoms with E-state index in [1.165, 1.54) is 5.57 Å². The predicted molar refractivity (Wildman–Crippen MR) is 142 cm³/mol. The Labute approximate surface area is 205 Å². The van der Waals surface area contributed by atoms with Crippen molar-refractivity contribution in [3.05, 3.63) is 47.8 Å². The second kappa shape index (κ2) is 11.1. The molecule has 0 aliphatic carbocycles. The summed E-state index contributed by atoms with van der Waals surface area (Å²) in [6.45, 7) is 10.8. The van der Waals surface area contributed by atoms with Gasteiger partial charge in [-0.05, 0) is 37.4 Å². The van der Waals surface area contributed by atoms with E-state index in [4.69, 9.17) is 4.74 Å². The van der Waals surface area contributed by atoms with Crippen LogP contribution in [0, 0.1) is 0 Å². The second-order valence-corrected chi connectivity index (χ2v) is 8.51. The first-order chi connectivity index (χ1) is 17.0. The molecule has 3 aromatic rings. The summed E-state index contributed by atoms with van der Waals surface area (Å²) in [7, 11) is 5.43. The molecule has 4 rings (SSSR count). The minimum absolute atomic E-state index is 0.325. The number of aromatic amines is 1. The number of anilines is 2. The molecule has 0 radical (unpaired) electrons. The lowest BCUT2D eigenvalue weighted by atomic mass is 10.1. The number of rotatable bonds is 9. The van der Waals surface area contributed by atoms with Crippen LogP contribution < -0.4 is 20.3 Å². The number of ether oxygens (including phenoxy) is 1. The summed E-state index contributed by atoms with van der Waals surface area (Å²) in [6, 6.07) is 8.22. The van der Waals surface area contributed by atoms with E-state index in [9.17, 15) is 0 Å². The SMILES string of the molecule is C=N/C(=C\C(=C/C)CN1CCNCC1)Nc1nc2ccc(-c3cc(N(C)C)nc(OC)n3)cc2[nH]1. The Morgan fingerprint density at radius 3 is 2.71 bits per heavy atom. The van der Waals surface area contributed by atoms with Gasteiger partial charge in [0.25, 0.3) is 0 Å². The van der Waals surface area contributed by atoms with Gasteiger partial charge in [-0.1, -0.05) is 12.1 Å². The van der Waals surface area contributed by atoms with Crippen molar-refractivity contribution < 1.29 is 4.74 Å². The van der Waals surface area contributed by atoms with Crippen molar-refractivity contribution in [3.63, 3.8) is 0 Å². The molecule has 1 aliphatic heterocycles. The van der Waals surface area contributed by atoms with Crippen molar-refractivity contribution in [1.82, 2.24) is 30.2 Å². The van der Waals surface area contributed by atoms with Gasteiger partial charge in [0, 0.05) is 58.4 Å². The van der Waals surface area contributed by atoms with Gasteiger partial charge < -0.3 is 25.3 Å². The van der Waals surface area contributed by atoms with E-state index in [1.807, 2.05) is 56.3 Å². The van der Waals surface area contributed by atoms with Crippen molar-refractivity contribution in [1.29, 1.82) is 0 Å². The fourth-order valence-electron chi connectivity index (χ4n) is 3.88. The number of H-pyrrole nitrogens is 1. The fraction of sp³-hybridized carbons (Fsp3) is 0.360. The number of hydrogen-bond donors (Lipinski definition) is 3. The molecule has 35 heavy (non-hydrogen) atoms. The number of aromatic nitrogens is 4. The molecule has 3 heterocycles. The number of piperazine rings is 1. The highest BCUT2D eigenvalue weighted by Crippen LogP contribution is 2.27. The van der Waals surface area contributed by atoms with Crippen LogP contribution in [-0.2, 0) is 0 Å². The molecule has 184 valence electrons. The van der Waals surface area contributed by atoms with Crippen LogP contribution in [0.1, 0.15) is 6.92 Å². The molecule has 1 aliphatic rings. The van der Waals surface area contributed by atoms with Gasteiger partial charge in [0.2, 0.25) is 5.95 Å². The van der Waals surface area contributed by atoms with E-state index < -0.39 is 0 Å². The van der Waals surface area contributed by atoms with Crippen molar-refractivity contribution in [3.8, 4) is 17.3 Å². The van der Waals surface area contributed by atoms with E-state index >= 15 is 0 Å². The highest BCUT2D eigenvalue weighted by molar-refractivity contribution is 5.83. The minimum atomic E-state index is 0.325. The lowest BCUT2D eigenvalue weighted by Gasteiger charge is -2.27. The third kappa shape index (κ3) is 6.03. The summed E-state index contributed by atoms with van der Waals surface area (Å²) < 4.78 is 5.29. The average molecular weight is 476 g/mol. The third-order valence-corrected chi connectivity index (χ3v) is 5.84. The van der Waals surface area contributed by atoms with Crippen LogP contribution in [0.3, 0.4) is 0 Å². The maximum atomic E-state index is 5.29. The number of allylic oxidation sites excluding steroid dienone is 1. The molecular weight excluding hydrogens is 442 g/mol. The fourth-order valence-corrected chi connectivity index (χ4v) is 3.88. The molecule has 0 amide bonds.